The zero-order valence-electron chi connectivity index (χ0n) is 37.9. The lowest BCUT2D eigenvalue weighted by Crippen LogP contribution is -2.65. The Morgan fingerprint density at radius 1 is 0.721 bits per heavy atom. The molecular formula is C45H56O23. The molecule has 0 aliphatic carbocycles. The van der Waals surface area contributed by atoms with E-state index in [1.54, 1.807) is 19.9 Å². The number of rotatable bonds is 15. The highest BCUT2D eigenvalue weighted by molar-refractivity contribution is 5.91. The molecular weight excluding hydrogens is 908 g/mol. The highest BCUT2D eigenvalue weighted by atomic mass is 16.8. The van der Waals surface area contributed by atoms with Gasteiger partial charge in [0, 0.05) is 38.0 Å². The number of phenols is 1. The Kier molecular flexibility index (Phi) is 16.7. The predicted molar refractivity (Wildman–Crippen MR) is 228 cm³/mol. The van der Waals surface area contributed by atoms with Crippen molar-refractivity contribution in [2.45, 2.75) is 140 Å². The summed E-state index contributed by atoms with van der Waals surface area (Å²) in [6, 6.07) is 7.11. The molecule has 3 saturated heterocycles. The van der Waals surface area contributed by atoms with E-state index in [-0.39, 0.29) is 34.6 Å². The number of hydrogen-bond acceptors (Lipinski definition) is 23. The first kappa shape index (κ1) is 51.9. The van der Waals surface area contributed by atoms with Gasteiger partial charge in [-0.2, -0.15) is 0 Å². The molecule has 0 radical (unpaired) electrons. The fourth-order valence-electron chi connectivity index (χ4n) is 7.85. The Morgan fingerprint density at radius 2 is 1.34 bits per heavy atom. The maximum atomic E-state index is 14.9. The number of aliphatic hydroxyl groups excluding tert-OH is 7. The summed E-state index contributed by atoms with van der Waals surface area (Å²) in [6.07, 6.45) is -23.9. The number of carbonyl (C=O) groups excluding carboxylic acids is 3. The Balaban J connectivity index is 1.45. The molecule has 3 fully saturated rings. The molecule has 3 aliphatic heterocycles. The van der Waals surface area contributed by atoms with Crippen molar-refractivity contribution in [3.8, 4) is 34.3 Å². The highest BCUT2D eigenvalue weighted by Gasteiger charge is 2.54. The summed E-state index contributed by atoms with van der Waals surface area (Å²) in [5, 5.41) is 86.9. The standard InChI is InChI=1S/C45H56O23/c1-17(2)8-13-24-26(63-43-34(55)32(53)30(51)27(15-46)64-43)14-25(50)29-31(52)41(38(66-39(24)29)22-9-11-23(58-7)12-10-22)67-45-36(57)42(37(18(3)60-45)61-20(5)48)68-44-35(56)33(54)40(62-21(6)49)28(65-44)16-59-19(4)47/h8-12,14,18,27-28,30,32-37,40,42-46,50-51,53-57H,13,15-16H2,1-7H3/t18-,27+,28+,30-,32-,33-,34+,35-,36+,37-,40+,42-,43+,44-,45-/m0/s1. The van der Waals surface area contributed by atoms with E-state index in [4.69, 9.17) is 51.8 Å². The van der Waals surface area contributed by atoms with E-state index in [2.05, 4.69) is 0 Å². The third-order valence-electron chi connectivity index (χ3n) is 11.3. The summed E-state index contributed by atoms with van der Waals surface area (Å²) in [5.74, 6) is -3.95. The summed E-state index contributed by atoms with van der Waals surface area (Å²) in [6.45, 7) is 6.83. The Labute approximate surface area is 387 Å². The van der Waals surface area contributed by atoms with Gasteiger partial charge in [0.15, 0.2) is 24.3 Å². The second kappa shape index (κ2) is 21.9. The number of allylic oxidation sites excluding steroid dienone is 2. The summed E-state index contributed by atoms with van der Waals surface area (Å²) in [5.41, 5.74) is -0.170. The lowest BCUT2D eigenvalue weighted by molar-refractivity contribution is -0.351. The van der Waals surface area contributed by atoms with Crippen molar-refractivity contribution in [3.05, 3.63) is 57.8 Å². The third kappa shape index (κ3) is 11.2. The summed E-state index contributed by atoms with van der Waals surface area (Å²) >= 11 is 0. The Bertz CT molecular complexity index is 2360. The molecule has 0 bridgehead atoms. The van der Waals surface area contributed by atoms with Crippen LogP contribution in [0.3, 0.4) is 0 Å². The first-order chi connectivity index (χ1) is 32.1. The number of methoxy groups -OCH3 is 1. The molecule has 2 aromatic carbocycles. The summed E-state index contributed by atoms with van der Waals surface area (Å²) in [7, 11) is 1.43. The van der Waals surface area contributed by atoms with Crippen LogP contribution in [0.5, 0.6) is 23.0 Å². The fourth-order valence-corrected chi connectivity index (χ4v) is 7.85. The maximum Gasteiger partial charge on any atom is 0.303 e. The molecule has 1 aromatic heterocycles. The molecule has 23 heteroatoms. The number of benzene rings is 2. The minimum absolute atomic E-state index is 0.0251. The van der Waals surface area contributed by atoms with Crippen LogP contribution in [0.2, 0.25) is 0 Å². The van der Waals surface area contributed by atoms with Crippen molar-refractivity contribution in [1.82, 2.24) is 0 Å². The van der Waals surface area contributed by atoms with Gasteiger partial charge in [-0.1, -0.05) is 11.6 Å². The van der Waals surface area contributed by atoms with Crippen LogP contribution in [-0.4, -0.2) is 171 Å². The lowest BCUT2D eigenvalue weighted by atomic mass is 9.96. The van der Waals surface area contributed by atoms with Crippen molar-refractivity contribution >= 4 is 28.9 Å². The Morgan fingerprint density at radius 3 is 1.94 bits per heavy atom. The molecule has 0 amide bonds. The van der Waals surface area contributed by atoms with Crippen LogP contribution in [0.1, 0.15) is 47.1 Å². The smallest absolute Gasteiger partial charge is 0.303 e. The number of phenolic OH excluding ortho intramolecular Hbond substituents is 1. The lowest BCUT2D eigenvalue weighted by Gasteiger charge is -2.46. The predicted octanol–water partition coefficient (Wildman–Crippen LogP) is -0.395. The van der Waals surface area contributed by atoms with Gasteiger partial charge in [0.05, 0.1) is 19.8 Å². The molecule has 68 heavy (non-hydrogen) atoms. The van der Waals surface area contributed by atoms with Crippen molar-refractivity contribution in [2.24, 2.45) is 0 Å². The van der Waals surface area contributed by atoms with E-state index in [9.17, 15) is 60.0 Å². The number of ether oxygens (including phenoxy) is 10. The molecule has 6 rings (SSSR count). The van der Waals surface area contributed by atoms with E-state index in [0.717, 1.165) is 32.4 Å². The molecule has 374 valence electrons. The van der Waals surface area contributed by atoms with Crippen molar-refractivity contribution < 1.29 is 107 Å². The van der Waals surface area contributed by atoms with Gasteiger partial charge < -0.3 is 92.6 Å². The van der Waals surface area contributed by atoms with E-state index >= 15 is 0 Å². The Hall–Kier alpha value is -5.44. The van der Waals surface area contributed by atoms with Gasteiger partial charge in [0.1, 0.15) is 89.8 Å². The molecule has 4 heterocycles. The number of aromatic hydroxyl groups is 1. The zero-order chi connectivity index (χ0) is 49.9. The summed E-state index contributed by atoms with van der Waals surface area (Å²) < 4.78 is 63.2. The number of aliphatic hydroxyl groups is 7. The van der Waals surface area contributed by atoms with Gasteiger partial charge in [0.2, 0.25) is 23.8 Å². The maximum absolute atomic E-state index is 14.9. The molecule has 23 nitrogen and oxygen atoms in total. The zero-order valence-corrected chi connectivity index (χ0v) is 37.9. The van der Waals surface area contributed by atoms with E-state index in [1.807, 2.05) is 0 Å². The number of fused-ring (bicyclic) bond motifs is 1. The van der Waals surface area contributed by atoms with Crippen molar-refractivity contribution in [1.29, 1.82) is 0 Å². The number of carbonyl (C=O) groups is 3. The molecule has 3 aliphatic rings. The van der Waals surface area contributed by atoms with E-state index < -0.39 is 146 Å². The SMILES string of the molecule is COc1ccc(-c2oc3c(CC=C(C)C)c(O[C@@H]4O[C@H](CO)[C@H](O)[C@H](O)[C@H]4O)cc(O)c3c(=O)c2O[C@@H]2O[C@@H](C)[C@H](OC(C)=O)[C@@H](O[C@@H]3O[C@H](COC(C)=O)[C@@H](OC(C)=O)[C@@H](O)[C@@H]3O)[C@H]2O)cc1. The average Bonchev–Trinajstić information content (AvgIpc) is 3.28. The van der Waals surface area contributed by atoms with Crippen molar-refractivity contribution in [3.63, 3.8) is 0 Å². The topological polar surface area (TPSA) is 336 Å². The van der Waals surface area contributed by atoms with Crippen molar-refractivity contribution in [2.75, 3.05) is 20.3 Å². The monoisotopic (exact) mass is 964 g/mol. The second-order valence-corrected chi connectivity index (χ2v) is 16.6. The third-order valence-corrected chi connectivity index (χ3v) is 11.3. The summed E-state index contributed by atoms with van der Waals surface area (Å²) in [4.78, 5) is 50.9. The average molecular weight is 965 g/mol. The first-order valence-corrected chi connectivity index (χ1v) is 21.4. The van der Waals surface area contributed by atoms with Crippen LogP contribution < -0.4 is 19.6 Å². The van der Waals surface area contributed by atoms with Gasteiger partial charge >= 0.3 is 17.9 Å². The van der Waals surface area contributed by atoms with Gasteiger partial charge in [-0.3, -0.25) is 19.2 Å². The number of esters is 3. The minimum Gasteiger partial charge on any atom is -0.507 e. The molecule has 3 aromatic rings. The molecule has 8 N–H and O–H groups in total. The fraction of sp³-hybridized carbons (Fsp3) is 0.556. The largest absolute Gasteiger partial charge is 0.507 e. The van der Waals surface area contributed by atoms with E-state index in [1.165, 1.54) is 38.3 Å². The van der Waals surface area contributed by atoms with Gasteiger partial charge in [0.25, 0.3) is 0 Å². The van der Waals surface area contributed by atoms with Gasteiger partial charge in [-0.15, -0.1) is 0 Å². The van der Waals surface area contributed by atoms with Crippen LogP contribution in [-0.2, 0) is 54.0 Å². The van der Waals surface area contributed by atoms with Crippen LogP contribution >= 0.6 is 0 Å². The second-order valence-electron chi connectivity index (χ2n) is 16.6. The number of hydrogen-bond donors (Lipinski definition) is 8. The quantitative estimate of drug-likeness (QED) is 0.0546. The molecule has 15 atom stereocenters. The molecule has 0 unspecified atom stereocenters. The van der Waals surface area contributed by atoms with E-state index in [0.29, 0.717) is 5.75 Å². The molecule has 0 saturated carbocycles. The van der Waals surface area contributed by atoms with Crippen LogP contribution in [0.4, 0.5) is 0 Å². The minimum atomic E-state index is -2.04. The van der Waals surface area contributed by atoms with Gasteiger partial charge in [-0.25, -0.2) is 0 Å². The van der Waals surface area contributed by atoms with Crippen LogP contribution in [0.15, 0.2) is 51.2 Å². The van der Waals surface area contributed by atoms with Gasteiger partial charge in [-0.05, 0) is 51.5 Å². The molecule has 0 spiro atoms. The first-order valence-electron chi connectivity index (χ1n) is 21.4. The highest BCUT2D eigenvalue weighted by Crippen LogP contribution is 2.42. The van der Waals surface area contributed by atoms with Crippen LogP contribution in [0.25, 0.3) is 22.3 Å². The normalized spacial score (nSPS) is 31.6. The van der Waals surface area contributed by atoms with Crippen LogP contribution in [0, 0.1) is 0 Å².